The Kier molecular flexibility index (Phi) is 7.07. The maximum absolute atomic E-state index is 13.4. The van der Waals surface area contributed by atoms with Crippen LogP contribution in [0.5, 0.6) is 0 Å². The molecule has 6 rings (SSSR count). The number of aromatic amines is 1. The number of imidazole rings is 1. The van der Waals surface area contributed by atoms with Gasteiger partial charge in [-0.25, -0.2) is 19.3 Å². The summed E-state index contributed by atoms with van der Waals surface area (Å²) in [7, 11) is 0. The second-order valence-corrected chi connectivity index (χ2v) is 13.5. The van der Waals surface area contributed by atoms with Crippen molar-refractivity contribution in [3.05, 3.63) is 85.9 Å². The molecule has 5 aromatic rings. The van der Waals surface area contributed by atoms with Gasteiger partial charge in [0.05, 0.1) is 24.2 Å². The molecule has 0 fully saturated rings. The van der Waals surface area contributed by atoms with Crippen LogP contribution in [0.15, 0.2) is 62.3 Å². The molecule has 0 bridgehead atoms. The topological polar surface area (TPSA) is 115 Å². The number of benzene rings is 2. The Hall–Kier alpha value is -4.18. The Morgan fingerprint density at radius 3 is 2.67 bits per heavy atom. The minimum Gasteiger partial charge on any atom is -0.460 e. The molecule has 2 aromatic carbocycles. The molecule has 0 radical (unpaired) electrons. The van der Waals surface area contributed by atoms with Gasteiger partial charge in [0.1, 0.15) is 5.69 Å². The van der Waals surface area contributed by atoms with Crippen LogP contribution in [0.25, 0.3) is 28.3 Å². The first-order chi connectivity index (χ1) is 20.3. The molecule has 3 heterocycles. The van der Waals surface area contributed by atoms with Crippen LogP contribution in [-0.4, -0.2) is 32.2 Å². The fourth-order valence-corrected chi connectivity index (χ4v) is 5.97. The highest BCUT2D eigenvalue weighted by Crippen LogP contribution is 2.45. The minimum absolute atomic E-state index is 0.0312. The van der Waals surface area contributed by atoms with Crippen LogP contribution >= 0.6 is 15.9 Å². The van der Waals surface area contributed by atoms with Crippen molar-refractivity contribution >= 4 is 39.2 Å². The third-order valence-electron chi connectivity index (χ3n) is 8.03. The molecule has 0 saturated carbocycles. The number of halogens is 1. The Morgan fingerprint density at radius 2 is 1.93 bits per heavy atom. The van der Waals surface area contributed by atoms with Crippen LogP contribution in [0.4, 0.5) is 11.6 Å². The van der Waals surface area contributed by atoms with Crippen molar-refractivity contribution in [1.29, 1.82) is 0 Å². The number of anilines is 2. The maximum Gasteiger partial charge on any atom is 0.374 e. The minimum atomic E-state index is -0.549. The quantitative estimate of drug-likeness (QED) is 0.184. The van der Waals surface area contributed by atoms with Gasteiger partial charge < -0.3 is 14.5 Å². The first-order valence-corrected chi connectivity index (χ1v) is 15.1. The monoisotopic (exact) mass is 643 g/mol. The third-order valence-corrected chi connectivity index (χ3v) is 8.53. The van der Waals surface area contributed by atoms with Crippen LogP contribution in [0.3, 0.4) is 0 Å². The van der Waals surface area contributed by atoms with E-state index in [1.165, 1.54) is 22.8 Å². The normalized spacial score (nSPS) is 14.2. The molecule has 3 aromatic heterocycles. The van der Waals surface area contributed by atoms with Crippen molar-refractivity contribution in [1.82, 2.24) is 19.6 Å². The molecule has 9 nitrogen and oxygen atoms in total. The number of H-pyrrole nitrogens is 1. The number of nitrogens with one attached hydrogen (secondary N) is 2. The van der Waals surface area contributed by atoms with E-state index in [-0.39, 0.29) is 34.5 Å². The van der Waals surface area contributed by atoms with Crippen LogP contribution < -0.4 is 10.9 Å². The highest BCUT2D eigenvalue weighted by atomic mass is 79.9. The lowest BCUT2D eigenvalue weighted by Crippen LogP contribution is -2.16. The molecular weight excluding hydrogens is 610 g/mol. The summed E-state index contributed by atoms with van der Waals surface area (Å²) in [6.45, 7) is 13.2. The molecule has 2 N–H and O–H groups in total. The molecule has 0 atom stereocenters. The Labute approximate surface area is 257 Å². The maximum atomic E-state index is 13.4. The van der Waals surface area contributed by atoms with Gasteiger partial charge in [-0.3, -0.25) is 9.89 Å². The predicted octanol–water partition coefficient (Wildman–Crippen LogP) is 7.55. The van der Waals surface area contributed by atoms with Gasteiger partial charge in [-0.1, -0.05) is 56.6 Å². The number of furan rings is 1. The molecule has 0 unspecified atom stereocenters. The zero-order valence-corrected chi connectivity index (χ0v) is 26.7. The summed E-state index contributed by atoms with van der Waals surface area (Å²) in [6.07, 6.45) is 3.90. The summed E-state index contributed by atoms with van der Waals surface area (Å²) >= 11 is 3.52. The average molecular weight is 645 g/mol. The highest BCUT2D eigenvalue weighted by Gasteiger charge is 2.34. The Balaban J connectivity index is 1.43. The lowest BCUT2D eigenvalue weighted by molar-refractivity contribution is 0.0491. The van der Waals surface area contributed by atoms with Crippen molar-refractivity contribution < 1.29 is 13.9 Å². The van der Waals surface area contributed by atoms with E-state index in [1.807, 2.05) is 12.3 Å². The zero-order valence-electron chi connectivity index (χ0n) is 25.1. The van der Waals surface area contributed by atoms with Gasteiger partial charge >= 0.3 is 5.97 Å². The number of fused-ring (bicyclic) bond motifs is 2. The standard InChI is InChI=1S/C33H34BrN5O4/c1-7-42-30(41)26-10-11-27(43-26)35-24-9-8-19(34)16-22(24)28-29(40)38-39-17-25(36-31(39)37-28)21-14-18(32(2,3)4)15-23-20(21)12-13-33(23,5)6/h8-11,14-17,35H,7,12-13H2,1-6H3,(H,38,40). The summed E-state index contributed by atoms with van der Waals surface area (Å²) in [5, 5.41) is 6.09. The molecule has 43 heavy (non-hydrogen) atoms. The number of hydrogen-bond acceptors (Lipinski definition) is 7. The first kappa shape index (κ1) is 28.9. The van der Waals surface area contributed by atoms with Crippen molar-refractivity contribution in [3.63, 3.8) is 0 Å². The zero-order chi connectivity index (χ0) is 30.7. The van der Waals surface area contributed by atoms with Crippen LogP contribution in [0.2, 0.25) is 0 Å². The number of ether oxygens (including phenoxy) is 1. The first-order valence-electron chi connectivity index (χ1n) is 14.4. The van der Waals surface area contributed by atoms with Crippen molar-refractivity contribution in [2.24, 2.45) is 0 Å². The van der Waals surface area contributed by atoms with Gasteiger partial charge in [0.2, 0.25) is 11.5 Å². The SMILES string of the molecule is CCOC(=O)c1ccc(Nc2ccc(Br)cc2-c2nc3nc(-c4cc(C(C)(C)C)cc5c4CCC5(C)C)cn3[nH]c2=O)o1. The lowest BCUT2D eigenvalue weighted by Gasteiger charge is -2.25. The Morgan fingerprint density at radius 1 is 1.14 bits per heavy atom. The van der Waals surface area contributed by atoms with Crippen molar-refractivity contribution in [3.8, 4) is 22.5 Å². The summed E-state index contributed by atoms with van der Waals surface area (Å²) < 4.78 is 13.0. The molecule has 0 spiro atoms. The van der Waals surface area contributed by atoms with Gasteiger partial charge in [-0.15, -0.1) is 0 Å². The number of carbonyl (C=O) groups is 1. The third kappa shape index (κ3) is 5.40. The molecule has 222 valence electrons. The second kappa shape index (κ2) is 10.5. The summed E-state index contributed by atoms with van der Waals surface area (Å²) in [6, 6.07) is 13.2. The number of carbonyl (C=O) groups excluding carboxylic acids is 1. The number of hydrogen-bond donors (Lipinski definition) is 2. The highest BCUT2D eigenvalue weighted by molar-refractivity contribution is 9.10. The number of nitrogens with zero attached hydrogens (tertiary/aromatic N) is 3. The average Bonchev–Trinajstić information content (AvgIpc) is 3.65. The van der Waals surface area contributed by atoms with E-state index in [0.717, 1.165) is 28.6 Å². The fourth-order valence-electron chi connectivity index (χ4n) is 5.61. The number of rotatable bonds is 6. The summed E-state index contributed by atoms with van der Waals surface area (Å²) in [4.78, 5) is 35.1. The number of esters is 1. The van der Waals surface area contributed by atoms with E-state index in [0.29, 0.717) is 22.9 Å². The summed E-state index contributed by atoms with van der Waals surface area (Å²) in [5.74, 6) is 0.233. The second-order valence-electron chi connectivity index (χ2n) is 12.6. The van der Waals surface area contributed by atoms with Gasteiger partial charge in [-0.2, -0.15) is 0 Å². The van der Waals surface area contributed by atoms with Gasteiger partial charge in [-0.05, 0) is 77.6 Å². The molecule has 0 aliphatic heterocycles. The molecule has 0 amide bonds. The van der Waals surface area contributed by atoms with Gasteiger partial charge in [0.25, 0.3) is 5.56 Å². The van der Waals surface area contributed by atoms with Crippen molar-refractivity contribution in [2.45, 2.75) is 65.2 Å². The van der Waals surface area contributed by atoms with Gasteiger partial charge in [0, 0.05) is 21.7 Å². The van der Waals surface area contributed by atoms with E-state index in [2.05, 4.69) is 73.1 Å². The van der Waals surface area contributed by atoms with E-state index in [9.17, 15) is 9.59 Å². The van der Waals surface area contributed by atoms with Crippen molar-refractivity contribution in [2.75, 3.05) is 11.9 Å². The van der Waals surface area contributed by atoms with E-state index >= 15 is 0 Å². The largest absolute Gasteiger partial charge is 0.460 e. The molecule has 10 heteroatoms. The molecule has 1 aliphatic rings. The van der Waals surface area contributed by atoms with E-state index in [1.54, 1.807) is 29.6 Å². The Bertz CT molecular complexity index is 1940. The molecular formula is C33H34BrN5O4. The lowest BCUT2D eigenvalue weighted by atomic mass is 9.79. The number of aromatic nitrogens is 4. The smallest absolute Gasteiger partial charge is 0.374 e. The summed E-state index contributed by atoms with van der Waals surface area (Å²) in [5.41, 5.74) is 6.76. The van der Waals surface area contributed by atoms with Crippen LogP contribution in [0.1, 0.15) is 75.2 Å². The van der Waals surface area contributed by atoms with E-state index in [4.69, 9.17) is 19.1 Å². The van der Waals surface area contributed by atoms with Crippen LogP contribution in [0, 0.1) is 0 Å². The fraction of sp³-hybridized carbons (Fsp3) is 0.333. The van der Waals surface area contributed by atoms with Crippen LogP contribution in [-0.2, 0) is 22.0 Å². The molecule has 1 aliphatic carbocycles. The van der Waals surface area contributed by atoms with Gasteiger partial charge in [0.15, 0.2) is 5.88 Å². The van der Waals surface area contributed by atoms with E-state index < -0.39 is 5.97 Å². The molecule has 0 saturated heterocycles. The predicted molar refractivity (Wildman–Crippen MR) is 170 cm³/mol.